The predicted molar refractivity (Wildman–Crippen MR) is 107 cm³/mol. The molecule has 8 nitrogen and oxygen atoms in total. The van der Waals surface area contributed by atoms with E-state index < -0.39 is 11.9 Å². The van der Waals surface area contributed by atoms with E-state index in [9.17, 15) is 14.4 Å². The molecule has 0 radical (unpaired) electrons. The maximum Gasteiger partial charge on any atom is 0.354 e. The van der Waals surface area contributed by atoms with E-state index in [-0.39, 0.29) is 24.1 Å². The van der Waals surface area contributed by atoms with Gasteiger partial charge in [-0.2, -0.15) is 0 Å². The average Bonchev–Trinajstić information content (AvgIpc) is 3.32. The second-order valence-corrected chi connectivity index (χ2v) is 6.78. The Kier molecular flexibility index (Phi) is 6.54. The van der Waals surface area contributed by atoms with Crippen molar-refractivity contribution < 1.29 is 23.9 Å². The van der Waals surface area contributed by atoms with Gasteiger partial charge in [-0.15, -0.1) is 0 Å². The number of H-pyrrole nitrogens is 1. The number of rotatable bonds is 8. The Hall–Kier alpha value is -3.29. The SMILES string of the molecule is CCOC(=O)C(=CCC[C@H]1CCNC1=O)NC(=O)c1cc2cc(OC)ccc2[nH]1. The van der Waals surface area contributed by atoms with Crippen LogP contribution in [-0.4, -0.2) is 43.0 Å². The molecular weight excluding hydrogens is 374 g/mol. The first-order valence-electron chi connectivity index (χ1n) is 9.65. The summed E-state index contributed by atoms with van der Waals surface area (Å²) in [4.78, 5) is 39.6. The molecule has 0 saturated carbocycles. The van der Waals surface area contributed by atoms with Gasteiger partial charge in [0.25, 0.3) is 5.91 Å². The van der Waals surface area contributed by atoms with E-state index in [1.54, 1.807) is 32.2 Å². The Morgan fingerprint density at radius 2 is 2.14 bits per heavy atom. The van der Waals surface area contributed by atoms with Crippen LogP contribution in [0.2, 0.25) is 0 Å². The molecule has 8 heteroatoms. The average molecular weight is 399 g/mol. The maximum absolute atomic E-state index is 12.7. The largest absolute Gasteiger partial charge is 0.497 e. The number of nitrogens with one attached hydrogen (secondary N) is 3. The summed E-state index contributed by atoms with van der Waals surface area (Å²) in [7, 11) is 1.58. The third-order valence-corrected chi connectivity index (χ3v) is 4.84. The summed E-state index contributed by atoms with van der Waals surface area (Å²) in [5.41, 5.74) is 1.18. The minimum Gasteiger partial charge on any atom is -0.497 e. The first-order chi connectivity index (χ1) is 14.0. The zero-order valence-corrected chi connectivity index (χ0v) is 16.5. The summed E-state index contributed by atoms with van der Waals surface area (Å²) in [6.07, 6.45) is 3.49. The number of hydrogen-bond acceptors (Lipinski definition) is 5. The molecule has 1 aliphatic heterocycles. The molecule has 0 spiro atoms. The molecule has 2 aromatic rings. The first-order valence-corrected chi connectivity index (χ1v) is 9.65. The minimum absolute atomic E-state index is 0.0358. The number of carbonyl (C=O) groups is 3. The van der Waals surface area contributed by atoms with E-state index in [0.717, 1.165) is 17.3 Å². The van der Waals surface area contributed by atoms with Crippen molar-refractivity contribution in [3.63, 3.8) is 0 Å². The molecule has 1 saturated heterocycles. The summed E-state index contributed by atoms with van der Waals surface area (Å²) >= 11 is 0. The van der Waals surface area contributed by atoms with Crippen molar-refractivity contribution in [3.8, 4) is 5.75 Å². The Labute approximate surface area is 168 Å². The molecule has 0 aliphatic carbocycles. The third kappa shape index (κ3) is 4.96. The first kappa shape index (κ1) is 20.4. The fourth-order valence-electron chi connectivity index (χ4n) is 3.29. The van der Waals surface area contributed by atoms with Gasteiger partial charge < -0.3 is 25.1 Å². The molecule has 0 unspecified atom stereocenters. The van der Waals surface area contributed by atoms with E-state index >= 15 is 0 Å². The topological polar surface area (TPSA) is 110 Å². The van der Waals surface area contributed by atoms with Crippen LogP contribution in [-0.2, 0) is 14.3 Å². The van der Waals surface area contributed by atoms with Crippen LogP contribution < -0.4 is 15.4 Å². The summed E-state index contributed by atoms with van der Waals surface area (Å²) in [6.45, 7) is 2.58. The molecule has 0 bridgehead atoms. The highest BCUT2D eigenvalue weighted by molar-refractivity contribution is 6.03. The van der Waals surface area contributed by atoms with Crippen LogP contribution in [0.15, 0.2) is 36.0 Å². The van der Waals surface area contributed by atoms with E-state index in [1.807, 2.05) is 12.1 Å². The lowest BCUT2D eigenvalue weighted by Gasteiger charge is -2.09. The summed E-state index contributed by atoms with van der Waals surface area (Å²) in [5.74, 6) is -0.387. The van der Waals surface area contributed by atoms with Gasteiger partial charge in [0.05, 0.1) is 13.7 Å². The number of ether oxygens (including phenoxy) is 2. The molecule has 154 valence electrons. The second-order valence-electron chi connectivity index (χ2n) is 6.78. The number of benzene rings is 1. The zero-order chi connectivity index (χ0) is 20.8. The van der Waals surface area contributed by atoms with Gasteiger partial charge in [-0.05, 0) is 50.5 Å². The quantitative estimate of drug-likeness (QED) is 0.466. The molecule has 3 rings (SSSR count). The van der Waals surface area contributed by atoms with E-state index in [4.69, 9.17) is 9.47 Å². The van der Waals surface area contributed by atoms with Crippen LogP contribution in [0.5, 0.6) is 5.75 Å². The Morgan fingerprint density at radius 1 is 1.31 bits per heavy atom. The number of allylic oxidation sites excluding steroid dienone is 1. The minimum atomic E-state index is -0.602. The van der Waals surface area contributed by atoms with Gasteiger partial charge in [-0.3, -0.25) is 9.59 Å². The van der Waals surface area contributed by atoms with Crippen molar-refractivity contribution in [1.29, 1.82) is 0 Å². The van der Waals surface area contributed by atoms with Crippen molar-refractivity contribution in [1.82, 2.24) is 15.6 Å². The summed E-state index contributed by atoms with van der Waals surface area (Å²) in [6, 6.07) is 7.12. The number of fused-ring (bicyclic) bond motifs is 1. The van der Waals surface area contributed by atoms with Gasteiger partial charge in [-0.1, -0.05) is 6.08 Å². The molecule has 2 amide bonds. The van der Waals surface area contributed by atoms with E-state index in [0.29, 0.717) is 30.8 Å². The van der Waals surface area contributed by atoms with E-state index in [2.05, 4.69) is 15.6 Å². The van der Waals surface area contributed by atoms with Gasteiger partial charge in [0.15, 0.2) is 0 Å². The van der Waals surface area contributed by atoms with Crippen molar-refractivity contribution in [2.45, 2.75) is 26.2 Å². The highest BCUT2D eigenvalue weighted by atomic mass is 16.5. The monoisotopic (exact) mass is 399 g/mol. The molecule has 29 heavy (non-hydrogen) atoms. The Bertz CT molecular complexity index is 947. The smallest absolute Gasteiger partial charge is 0.354 e. The van der Waals surface area contributed by atoms with Gasteiger partial charge >= 0.3 is 5.97 Å². The fraction of sp³-hybridized carbons (Fsp3) is 0.381. The lowest BCUT2D eigenvalue weighted by molar-refractivity contribution is -0.138. The van der Waals surface area contributed by atoms with Crippen molar-refractivity contribution in [2.24, 2.45) is 5.92 Å². The Morgan fingerprint density at radius 3 is 2.83 bits per heavy atom. The van der Waals surface area contributed by atoms with E-state index in [1.165, 1.54) is 0 Å². The highest BCUT2D eigenvalue weighted by Crippen LogP contribution is 2.22. The third-order valence-electron chi connectivity index (χ3n) is 4.84. The molecule has 2 heterocycles. The van der Waals surface area contributed by atoms with Crippen molar-refractivity contribution in [2.75, 3.05) is 20.3 Å². The number of carbonyl (C=O) groups excluding carboxylic acids is 3. The number of amides is 2. The van der Waals surface area contributed by atoms with Crippen LogP contribution in [0.3, 0.4) is 0 Å². The molecule has 3 N–H and O–H groups in total. The maximum atomic E-state index is 12.7. The number of methoxy groups -OCH3 is 1. The summed E-state index contributed by atoms with van der Waals surface area (Å²) in [5, 5.41) is 6.24. The number of aromatic amines is 1. The number of aromatic nitrogens is 1. The molecule has 1 atom stereocenters. The lowest BCUT2D eigenvalue weighted by Crippen LogP contribution is -2.29. The molecule has 1 fully saturated rings. The van der Waals surface area contributed by atoms with Crippen LogP contribution >= 0.6 is 0 Å². The van der Waals surface area contributed by atoms with Crippen molar-refractivity contribution >= 4 is 28.7 Å². The van der Waals surface area contributed by atoms with Gasteiger partial charge in [0.2, 0.25) is 5.91 Å². The molecule has 1 aromatic carbocycles. The lowest BCUT2D eigenvalue weighted by atomic mass is 10.0. The summed E-state index contributed by atoms with van der Waals surface area (Å²) < 4.78 is 10.2. The fourth-order valence-corrected chi connectivity index (χ4v) is 3.29. The molecule has 1 aliphatic rings. The normalized spacial score (nSPS) is 16.6. The Balaban J connectivity index is 1.72. The molecule has 1 aromatic heterocycles. The van der Waals surface area contributed by atoms with Crippen molar-refractivity contribution in [3.05, 3.63) is 41.7 Å². The van der Waals surface area contributed by atoms with Crippen LogP contribution in [0.4, 0.5) is 0 Å². The van der Waals surface area contributed by atoms with Gasteiger partial charge in [-0.25, -0.2) is 4.79 Å². The van der Waals surface area contributed by atoms with Gasteiger partial charge in [0.1, 0.15) is 17.1 Å². The van der Waals surface area contributed by atoms with Crippen LogP contribution in [0.1, 0.15) is 36.7 Å². The second kappa shape index (κ2) is 9.27. The highest BCUT2D eigenvalue weighted by Gasteiger charge is 2.23. The molecular formula is C21H25N3O5. The number of hydrogen-bond donors (Lipinski definition) is 3. The van der Waals surface area contributed by atoms with Gasteiger partial charge in [0, 0.05) is 23.4 Å². The predicted octanol–water partition coefficient (Wildman–Crippen LogP) is 2.27. The standard InChI is InChI=1S/C21H25N3O5/c1-3-29-21(27)17(6-4-5-13-9-10-22-19(13)25)24-20(26)18-12-14-11-15(28-2)7-8-16(14)23-18/h6-8,11-13,23H,3-5,9-10H2,1-2H3,(H,22,25)(H,24,26)/t13-/m0/s1. The number of esters is 1. The zero-order valence-electron chi connectivity index (χ0n) is 16.5. The van der Waals surface area contributed by atoms with Crippen LogP contribution in [0, 0.1) is 5.92 Å². The van der Waals surface area contributed by atoms with Crippen LogP contribution in [0.25, 0.3) is 10.9 Å².